The number of hydrogen-bond acceptors (Lipinski definition) is 8. The minimum Gasteiger partial charge on any atom is -0.386 e. The summed E-state index contributed by atoms with van der Waals surface area (Å²) < 4.78 is 0. The molecule has 1 unspecified atom stereocenters. The number of nitrogens with two attached hydrogens (primary N) is 1. The smallest absolute Gasteiger partial charge is 0.246 e. The third-order valence-corrected chi connectivity index (χ3v) is 11.2. The van der Waals surface area contributed by atoms with Crippen molar-refractivity contribution in [1.29, 1.82) is 5.53 Å². The number of amidine groups is 1. The Morgan fingerprint density at radius 2 is 1.60 bits per heavy atom. The summed E-state index contributed by atoms with van der Waals surface area (Å²) in [5.74, 6) is -3.50. The second-order valence-electron chi connectivity index (χ2n) is 16.0. The number of hydrogen-bond donors (Lipinski definition) is 3. The highest BCUT2D eigenvalue weighted by atomic mass is 16.2. The topological polar surface area (TPSA) is 192 Å². The molecular weight excluding hydrogens is 672 g/mol. The average Bonchev–Trinajstić information content (AvgIpc) is 3.72. The Bertz CT molecular complexity index is 1480. The standard InChI is InChI=1S/C41H62N6O6/c1-7-14-29(39(51)35(50)21-27(6)28-15-9-8-10-16-28)22-34(49)38-32-19-13-17-30(32)24-47(38)41(53)37(26(4)5)44-40(52)33(25(2)3)23-31(48)18-11-12-20-36(42)45-46-43/h8-10,15-16,25-27,29-30,32-33,37-38H,7,11-14,17-24H2,1-6H3,(H,44,52)(H3,42,43,45)/t27-,29?,30-,32-,33+,37-,38-/m0/s1. The lowest BCUT2D eigenvalue weighted by Crippen LogP contribution is -2.56. The third kappa shape index (κ3) is 12.2. The van der Waals surface area contributed by atoms with Crippen molar-refractivity contribution < 1.29 is 28.8 Å². The third-order valence-electron chi connectivity index (χ3n) is 11.2. The SMILES string of the molecule is CCCC(CC(=O)[C@@H]1[C@H]2CCC[C@H]2CN1C(=O)[C@@H](NC(=O)[C@H](CC(=O)CCCCC(N)=NN=N)C(C)C)C(C)C)C(=O)C(=O)C[C@H](C)c1ccccc1. The molecule has 1 saturated heterocycles. The van der Waals surface area contributed by atoms with Gasteiger partial charge in [0.1, 0.15) is 17.7 Å². The molecule has 1 aliphatic carbocycles. The van der Waals surface area contributed by atoms with Crippen LogP contribution < -0.4 is 11.1 Å². The van der Waals surface area contributed by atoms with Crippen molar-refractivity contribution >= 4 is 40.8 Å². The van der Waals surface area contributed by atoms with Crippen molar-refractivity contribution in [2.45, 2.75) is 137 Å². The van der Waals surface area contributed by atoms with Crippen LogP contribution in [-0.2, 0) is 28.8 Å². The van der Waals surface area contributed by atoms with Crippen LogP contribution in [0.3, 0.4) is 0 Å². The first-order valence-electron chi connectivity index (χ1n) is 19.7. The molecule has 0 radical (unpaired) electrons. The highest BCUT2D eigenvalue weighted by Crippen LogP contribution is 2.43. The fourth-order valence-electron chi connectivity index (χ4n) is 8.16. The van der Waals surface area contributed by atoms with E-state index >= 15 is 0 Å². The zero-order valence-electron chi connectivity index (χ0n) is 32.6. The second-order valence-corrected chi connectivity index (χ2v) is 16.0. The summed E-state index contributed by atoms with van der Waals surface area (Å²) in [5.41, 5.74) is 13.4. The highest BCUT2D eigenvalue weighted by molar-refractivity contribution is 6.38. The molecule has 1 saturated carbocycles. The van der Waals surface area contributed by atoms with Gasteiger partial charge in [0, 0.05) is 50.5 Å². The number of carbonyl (C=O) groups is 6. The second kappa shape index (κ2) is 21.0. The molecule has 1 heterocycles. The summed E-state index contributed by atoms with van der Waals surface area (Å²) in [5, 5.41) is 9.36. The molecule has 292 valence electrons. The van der Waals surface area contributed by atoms with Crippen molar-refractivity contribution in [3.63, 3.8) is 0 Å². The van der Waals surface area contributed by atoms with E-state index in [1.165, 1.54) is 0 Å². The molecule has 0 aromatic heterocycles. The van der Waals surface area contributed by atoms with Gasteiger partial charge in [-0.1, -0.05) is 89.9 Å². The van der Waals surface area contributed by atoms with Gasteiger partial charge in [0.15, 0.2) is 11.6 Å². The summed E-state index contributed by atoms with van der Waals surface area (Å²) >= 11 is 0. The average molecular weight is 735 g/mol. The number of likely N-dealkylation sites (tertiary alicyclic amines) is 1. The van der Waals surface area contributed by atoms with Crippen LogP contribution in [0, 0.1) is 41.0 Å². The number of nitrogens with one attached hydrogen (secondary N) is 2. The maximum Gasteiger partial charge on any atom is 0.246 e. The van der Waals surface area contributed by atoms with E-state index < -0.39 is 35.5 Å². The maximum absolute atomic E-state index is 14.4. The summed E-state index contributed by atoms with van der Waals surface area (Å²) in [6.07, 6.45) is 5.60. The summed E-state index contributed by atoms with van der Waals surface area (Å²) in [7, 11) is 0. The quantitative estimate of drug-likeness (QED) is 0.0283. The van der Waals surface area contributed by atoms with Gasteiger partial charge in [-0.3, -0.25) is 28.8 Å². The number of benzene rings is 1. The van der Waals surface area contributed by atoms with Crippen molar-refractivity contribution in [2.75, 3.05) is 6.54 Å². The van der Waals surface area contributed by atoms with E-state index in [-0.39, 0.29) is 84.5 Å². The molecule has 2 amide bonds. The van der Waals surface area contributed by atoms with Crippen LogP contribution in [-0.4, -0.2) is 64.3 Å². The first-order valence-corrected chi connectivity index (χ1v) is 19.7. The molecule has 12 heteroatoms. The molecule has 1 aromatic rings. The van der Waals surface area contributed by atoms with Crippen LogP contribution in [0.2, 0.25) is 0 Å². The van der Waals surface area contributed by atoms with Crippen LogP contribution in [0.1, 0.15) is 130 Å². The van der Waals surface area contributed by atoms with Gasteiger partial charge < -0.3 is 16.0 Å². The Kier molecular flexibility index (Phi) is 17.1. The van der Waals surface area contributed by atoms with Gasteiger partial charge in [0.05, 0.1) is 6.04 Å². The zero-order valence-corrected chi connectivity index (χ0v) is 32.6. The van der Waals surface area contributed by atoms with Crippen LogP contribution in [0.25, 0.3) is 0 Å². The minimum atomic E-state index is -0.896. The van der Waals surface area contributed by atoms with Crippen LogP contribution in [0.5, 0.6) is 0 Å². The van der Waals surface area contributed by atoms with Gasteiger partial charge in [-0.25, -0.2) is 0 Å². The lowest BCUT2D eigenvalue weighted by Gasteiger charge is -2.33. The predicted octanol–water partition coefficient (Wildman–Crippen LogP) is 6.56. The minimum absolute atomic E-state index is 0.0230. The number of Topliss-reactive ketones (excluding diaryl/α,β-unsaturated/α-hetero) is 4. The largest absolute Gasteiger partial charge is 0.386 e. The van der Waals surface area contributed by atoms with E-state index in [9.17, 15) is 28.8 Å². The van der Waals surface area contributed by atoms with Gasteiger partial charge >= 0.3 is 0 Å². The van der Waals surface area contributed by atoms with Crippen LogP contribution in [0.4, 0.5) is 0 Å². The lowest BCUT2D eigenvalue weighted by atomic mass is 9.83. The van der Waals surface area contributed by atoms with Crippen molar-refractivity contribution in [3.05, 3.63) is 35.9 Å². The van der Waals surface area contributed by atoms with Gasteiger partial charge in [0.2, 0.25) is 17.6 Å². The van der Waals surface area contributed by atoms with Crippen LogP contribution in [0.15, 0.2) is 40.7 Å². The Balaban J connectivity index is 1.72. The molecule has 1 aromatic carbocycles. The number of amides is 2. The summed E-state index contributed by atoms with van der Waals surface area (Å²) in [4.78, 5) is 83.8. The number of carbonyl (C=O) groups excluding carboxylic acids is 6. The number of ketones is 4. The first kappa shape index (κ1) is 43.3. The first-order chi connectivity index (χ1) is 25.2. The van der Waals surface area contributed by atoms with Gasteiger partial charge in [-0.2, -0.15) is 5.53 Å². The molecule has 1 aliphatic heterocycles. The summed E-state index contributed by atoms with van der Waals surface area (Å²) in [6, 6.07) is 7.97. The van der Waals surface area contributed by atoms with E-state index in [2.05, 4.69) is 15.6 Å². The van der Waals surface area contributed by atoms with E-state index in [0.717, 1.165) is 24.8 Å². The summed E-state index contributed by atoms with van der Waals surface area (Å²) in [6.45, 7) is 11.7. The van der Waals surface area contributed by atoms with E-state index in [4.69, 9.17) is 11.3 Å². The lowest BCUT2D eigenvalue weighted by molar-refractivity contribution is -0.145. The molecule has 7 atom stereocenters. The number of fused-ring (bicyclic) bond motifs is 1. The molecule has 2 fully saturated rings. The number of nitrogens with zero attached hydrogens (tertiary/aromatic N) is 3. The van der Waals surface area contributed by atoms with E-state index in [1.54, 1.807) is 4.90 Å². The Labute approximate surface area is 315 Å². The molecule has 4 N–H and O–H groups in total. The monoisotopic (exact) mass is 734 g/mol. The molecule has 0 spiro atoms. The van der Waals surface area contributed by atoms with Crippen molar-refractivity contribution in [2.24, 2.45) is 51.6 Å². The Morgan fingerprint density at radius 3 is 2.23 bits per heavy atom. The fourth-order valence-corrected chi connectivity index (χ4v) is 8.16. The molecule has 2 aliphatic rings. The number of rotatable bonds is 23. The van der Waals surface area contributed by atoms with Crippen molar-refractivity contribution in [1.82, 2.24) is 10.2 Å². The molecular formula is C41H62N6O6. The fraction of sp³-hybridized carbons (Fsp3) is 0.683. The zero-order chi connectivity index (χ0) is 39.2. The van der Waals surface area contributed by atoms with Crippen molar-refractivity contribution in [3.8, 4) is 0 Å². The Morgan fingerprint density at radius 1 is 0.925 bits per heavy atom. The molecule has 12 nitrogen and oxygen atoms in total. The van der Waals surface area contributed by atoms with E-state index in [0.29, 0.717) is 38.6 Å². The molecule has 0 bridgehead atoms. The number of unbranched alkanes of at least 4 members (excludes halogenated alkanes) is 1. The van der Waals surface area contributed by atoms with Crippen LogP contribution >= 0.6 is 0 Å². The maximum atomic E-state index is 14.4. The molecule has 53 heavy (non-hydrogen) atoms. The Hall–Kier alpha value is -4.09. The van der Waals surface area contributed by atoms with Gasteiger partial charge in [0.25, 0.3) is 0 Å². The van der Waals surface area contributed by atoms with Gasteiger partial charge in [-0.05, 0) is 67.3 Å². The molecule has 3 rings (SSSR count). The van der Waals surface area contributed by atoms with E-state index in [1.807, 2.05) is 71.9 Å². The van der Waals surface area contributed by atoms with Gasteiger partial charge in [-0.15, -0.1) is 5.10 Å². The normalized spacial score (nSPS) is 20.8. The predicted molar refractivity (Wildman–Crippen MR) is 204 cm³/mol. The highest BCUT2D eigenvalue weighted by Gasteiger charge is 2.51.